The molecule has 1 aromatic rings. The van der Waals surface area contributed by atoms with Crippen molar-refractivity contribution in [2.75, 3.05) is 31.6 Å². The molecular weight excluding hydrogens is 979 g/mol. The molecular formula is C50H85N11O12S. The Hall–Kier alpha value is -5.85. The van der Waals surface area contributed by atoms with Crippen molar-refractivity contribution in [2.45, 2.75) is 167 Å². The number of thioether (sulfide) groups is 1. The van der Waals surface area contributed by atoms with E-state index < -0.39 is 133 Å². The molecule has 74 heavy (non-hydrogen) atoms. The predicted molar refractivity (Wildman–Crippen MR) is 282 cm³/mol. The average Bonchev–Trinajstić information content (AvgIpc) is 3.35. The second-order valence-corrected chi connectivity index (χ2v) is 20.2. The third-order valence-electron chi connectivity index (χ3n) is 12.2. The van der Waals surface area contributed by atoms with E-state index in [9.17, 15) is 53.1 Å². The minimum absolute atomic E-state index is 0.0305. The summed E-state index contributed by atoms with van der Waals surface area (Å²) in [4.78, 5) is 134. The van der Waals surface area contributed by atoms with Crippen molar-refractivity contribution in [3.8, 4) is 0 Å². The molecule has 23 nitrogen and oxygen atoms in total. The van der Waals surface area contributed by atoms with E-state index in [1.807, 2.05) is 19.9 Å². The van der Waals surface area contributed by atoms with Crippen molar-refractivity contribution in [3.05, 3.63) is 35.9 Å². The Morgan fingerprint density at radius 3 is 1.49 bits per heavy atom. The number of aliphatic carboxylic acids is 2. The van der Waals surface area contributed by atoms with Crippen molar-refractivity contribution >= 4 is 71.0 Å². The Morgan fingerprint density at radius 2 is 1.01 bits per heavy atom. The van der Waals surface area contributed by atoms with Crippen molar-refractivity contribution < 1.29 is 58.2 Å². The van der Waals surface area contributed by atoms with Gasteiger partial charge in [-0.1, -0.05) is 78.3 Å². The molecule has 1 rings (SSSR count). The minimum Gasteiger partial charge on any atom is -0.481 e. The molecule has 1 aromatic carbocycles. The number of unbranched alkanes of at least 4 members (excludes halogenated alkanes) is 2. The molecule has 0 aliphatic heterocycles. The zero-order valence-electron chi connectivity index (χ0n) is 44.2. The SMILES string of the molecule is CC[C@H](C)[C@H](NC(=O)[C@H](CCCCN)NC(=O)[C@H](CC(C)C)NC(=O)[C@H](Cc1ccccc1)NC(=O)[C@@H](N)C(C)C)C(=O)N[C@@H](CCC(=O)O)C(=O)N[C@@H](CCCCN)C(=O)N[C@@H](CCSC)C(=O)NCC(=O)O. The zero-order valence-corrected chi connectivity index (χ0v) is 45.0. The van der Waals surface area contributed by atoms with Crippen molar-refractivity contribution in [1.29, 1.82) is 0 Å². The lowest BCUT2D eigenvalue weighted by Gasteiger charge is -2.30. The van der Waals surface area contributed by atoms with E-state index in [-0.39, 0.29) is 57.0 Å². The Kier molecular flexibility index (Phi) is 32.3. The lowest BCUT2D eigenvalue weighted by Crippen LogP contribution is -2.61. The molecule has 0 unspecified atom stereocenters. The number of hydrogen-bond acceptors (Lipinski definition) is 14. The lowest BCUT2D eigenvalue weighted by atomic mass is 9.96. The second kappa shape index (κ2) is 36.2. The van der Waals surface area contributed by atoms with Crippen LogP contribution in [0.15, 0.2) is 30.3 Å². The Bertz CT molecular complexity index is 1960. The number of rotatable bonds is 38. The van der Waals surface area contributed by atoms with Gasteiger partial charge >= 0.3 is 11.9 Å². The van der Waals surface area contributed by atoms with Gasteiger partial charge in [0.1, 0.15) is 48.8 Å². The Labute approximate surface area is 439 Å². The highest BCUT2D eigenvalue weighted by Crippen LogP contribution is 2.15. The van der Waals surface area contributed by atoms with Gasteiger partial charge in [0.15, 0.2) is 0 Å². The standard InChI is InChI=1S/C50H85N11O12S/c1-8-31(6)42(50(73)58-35(20-21-39(62)63)45(68)55-33(18-12-14-23-51)44(67)57-36(22-25-74-7)43(66)54-28-40(64)65)61-46(69)34(19-13-15-24-52)56-47(70)37(26-29(2)3)59-48(71)38(27-32-16-10-9-11-17-32)60-49(72)41(53)30(4)5/h9-11,16-17,29-31,33-38,41-42H,8,12-15,18-28,51-53H2,1-7H3,(H,54,66)(H,55,68)(H,56,70)(H,57,67)(H,58,73)(H,59,71)(H,60,72)(H,61,69)(H,62,63)(H,64,65)/t31-,33-,34-,35-,36-,37-,38-,41-,42-/m0/s1. The third kappa shape index (κ3) is 25.9. The molecule has 8 amide bonds. The highest BCUT2D eigenvalue weighted by molar-refractivity contribution is 7.98. The van der Waals surface area contributed by atoms with Crippen molar-refractivity contribution in [2.24, 2.45) is 35.0 Å². The second-order valence-electron chi connectivity index (χ2n) is 19.2. The number of nitrogens with two attached hydrogens (primary N) is 3. The van der Waals surface area contributed by atoms with E-state index in [0.29, 0.717) is 37.9 Å². The Morgan fingerprint density at radius 1 is 0.554 bits per heavy atom. The number of carbonyl (C=O) groups is 10. The molecule has 0 heterocycles. The van der Waals surface area contributed by atoms with Crippen LogP contribution in [0.2, 0.25) is 0 Å². The van der Waals surface area contributed by atoms with Gasteiger partial charge < -0.3 is 69.9 Å². The van der Waals surface area contributed by atoms with Gasteiger partial charge in [0.2, 0.25) is 47.3 Å². The summed E-state index contributed by atoms with van der Waals surface area (Å²) in [5.41, 5.74) is 18.3. The number of hydrogen-bond donors (Lipinski definition) is 13. The number of carboxylic acids is 2. The number of nitrogens with one attached hydrogen (secondary N) is 8. The van der Waals surface area contributed by atoms with E-state index in [1.165, 1.54) is 11.8 Å². The van der Waals surface area contributed by atoms with Crippen LogP contribution < -0.4 is 59.7 Å². The number of carbonyl (C=O) groups excluding carboxylic acids is 8. The highest BCUT2D eigenvalue weighted by Gasteiger charge is 2.36. The van der Waals surface area contributed by atoms with Gasteiger partial charge in [0.05, 0.1) is 6.04 Å². The molecule has 0 spiro atoms. The van der Waals surface area contributed by atoms with E-state index in [2.05, 4.69) is 42.5 Å². The summed E-state index contributed by atoms with van der Waals surface area (Å²) in [5.74, 6) is -9.16. The fourth-order valence-corrected chi connectivity index (χ4v) is 7.96. The minimum atomic E-state index is -1.55. The van der Waals surface area contributed by atoms with E-state index >= 15 is 0 Å². The number of amides is 8. The van der Waals surface area contributed by atoms with Crippen molar-refractivity contribution in [3.63, 3.8) is 0 Å². The third-order valence-corrected chi connectivity index (χ3v) is 12.8. The first-order chi connectivity index (χ1) is 35.0. The molecule has 0 radical (unpaired) electrons. The van der Waals surface area contributed by atoms with Crippen molar-refractivity contribution in [1.82, 2.24) is 42.5 Å². The van der Waals surface area contributed by atoms with Gasteiger partial charge in [-0.3, -0.25) is 47.9 Å². The topological polar surface area (TPSA) is 385 Å². The summed E-state index contributed by atoms with van der Waals surface area (Å²) in [7, 11) is 0. The van der Waals surface area contributed by atoms with E-state index in [1.54, 1.807) is 58.2 Å². The summed E-state index contributed by atoms with van der Waals surface area (Å²) in [6.07, 6.45) is 3.19. The first kappa shape index (κ1) is 66.2. The molecule has 0 saturated heterocycles. The smallest absolute Gasteiger partial charge is 0.322 e. The van der Waals surface area contributed by atoms with Crippen LogP contribution in [0.4, 0.5) is 0 Å². The van der Waals surface area contributed by atoms with Gasteiger partial charge in [-0.05, 0) is 106 Å². The summed E-state index contributed by atoms with van der Waals surface area (Å²) >= 11 is 1.38. The van der Waals surface area contributed by atoms with Crippen LogP contribution in [0.3, 0.4) is 0 Å². The summed E-state index contributed by atoms with van der Waals surface area (Å²) in [6, 6.07) is -0.847. The highest BCUT2D eigenvalue weighted by atomic mass is 32.2. The number of benzene rings is 1. The van der Waals surface area contributed by atoms with Gasteiger partial charge in [0.25, 0.3) is 0 Å². The molecule has 16 N–H and O–H groups in total. The van der Waals surface area contributed by atoms with Crippen LogP contribution in [-0.4, -0.2) is 149 Å². The quantitative estimate of drug-likeness (QED) is 0.0381. The van der Waals surface area contributed by atoms with Crippen LogP contribution in [0, 0.1) is 17.8 Å². The molecule has 0 aromatic heterocycles. The maximum Gasteiger partial charge on any atom is 0.322 e. The predicted octanol–water partition coefficient (Wildman–Crippen LogP) is -0.225. The van der Waals surface area contributed by atoms with Gasteiger partial charge in [-0.15, -0.1) is 0 Å². The fourth-order valence-electron chi connectivity index (χ4n) is 7.49. The normalized spacial score (nSPS) is 14.9. The van der Waals surface area contributed by atoms with E-state index in [4.69, 9.17) is 22.3 Å². The summed E-state index contributed by atoms with van der Waals surface area (Å²) in [6.45, 7) is 10.5. The molecule has 0 aliphatic carbocycles. The summed E-state index contributed by atoms with van der Waals surface area (Å²) in [5, 5.41) is 39.7. The van der Waals surface area contributed by atoms with Crippen LogP contribution in [0.25, 0.3) is 0 Å². The monoisotopic (exact) mass is 1060 g/mol. The van der Waals surface area contributed by atoms with Crippen LogP contribution in [-0.2, 0) is 54.4 Å². The maximum atomic E-state index is 14.3. The van der Waals surface area contributed by atoms with Gasteiger partial charge in [0, 0.05) is 12.8 Å². The average molecular weight is 1060 g/mol. The van der Waals surface area contributed by atoms with Crippen LogP contribution in [0.1, 0.15) is 118 Å². The lowest BCUT2D eigenvalue weighted by molar-refractivity contribution is -0.139. The molecule has 9 atom stereocenters. The zero-order chi connectivity index (χ0) is 55.9. The molecule has 0 fully saturated rings. The first-order valence-corrected chi connectivity index (χ1v) is 26.9. The molecule has 0 bridgehead atoms. The largest absolute Gasteiger partial charge is 0.481 e. The molecule has 0 aliphatic rings. The first-order valence-electron chi connectivity index (χ1n) is 25.5. The van der Waals surface area contributed by atoms with Crippen LogP contribution in [0.5, 0.6) is 0 Å². The maximum absolute atomic E-state index is 14.3. The fraction of sp³-hybridized carbons (Fsp3) is 0.680. The van der Waals surface area contributed by atoms with Gasteiger partial charge in [-0.25, -0.2) is 0 Å². The van der Waals surface area contributed by atoms with Crippen LogP contribution >= 0.6 is 11.8 Å². The number of carboxylic acid groups (broad SMARTS) is 2. The van der Waals surface area contributed by atoms with E-state index in [0.717, 1.165) is 5.56 Å². The molecule has 0 saturated carbocycles. The summed E-state index contributed by atoms with van der Waals surface area (Å²) < 4.78 is 0. The molecule has 418 valence electrons. The molecule has 24 heteroatoms. The van der Waals surface area contributed by atoms with Gasteiger partial charge in [-0.2, -0.15) is 11.8 Å². The Balaban J connectivity index is 3.54.